The van der Waals surface area contributed by atoms with Crippen LogP contribution in [-0.2, 0) is 6.42 Å². The van der Waals surface area contributed by atoms with Crippen molar-refractivity contribution in [2.75, 3.05) is 0 Å². The fourth-order valence-corrected chi connectivity index (χ4v) is 4.92. The minimum absolute atomic E-state index is 0.843. The van der Waals surface area contributed by atoms with Crippen LogP contribution >= 0.6 is 0 Å². The Morgan fingerprint density at radius 2 is 2.05 bits per heavy atom. The second-order valence-corrected chi connectivity index (χ2v) is 7.34. The third-order valence-corrected chi connectivity index (χ3v) is 6.08. The van der Waals surface area contributed by atoms with Crippen LogP contribution in [0.1, 0.15) is 55.7 Å². The highest BCUT2D eigenvalue weighted by Crippen LogP contribution is 2.50. The number of rotatable bonds is 3. The molecule has 0 aliphatic heterocycles. The molecule has 3 unspecified atom stereocenters. The van der Waals surface area contributed by atoms with E-state index in [0.717, 1.165) is 23.7 Å². The maximum absolute atomic E-state index is 4.37. The van der Waals surface area contributed by atoms with Crippen molar-refractivity contribution >= 4 is 5.52 Å². The third-order valence-electron chi connectivity index (χ3n) is 6.08. The lowest BCUT2D eigenvalue weighted by Crippen LogP contribution is -2.16. The van der Waals surface area contributed by atoms with Gasteiger partial charge in [0.1, 0.15) is 0 Å². The van der Waals surface area contributed by atoms with Crippen LogP contribution in [0.5, 0.6) is 0 Å². The van der Waals surface area contributed by atoms with E-state index in [1.807, 2.05) is 12.5 Å². The summed E-state index contributed by atoms with van der Waals surface area (Å²) in [5, 5.41) is 0. The molecule has 3 aliphatic carbocycles. The van der Waals surface area contributed by atoms with E-state index in [4.69, 9.17) is 0 Å². The van der Waals surface area contributed by atoms with Crippen molar-refractivity contribution in [3.63, 3.8) is 0 Å². The van der Waals surface area contributed by atoms with Gasteiger partial charge in [0.15, 0.2) is 0 Å². The van der Waals surface area contributed by atoms with Crippen molar-refractivity contribution in [2.24, 2.45) is 17.8 Å². The van der Waals surface area contributed by atoms with Crippen molar-refractivity contribution < 1.29 is 0 Å². The molecule has 3 atom stereocenters. The molecule has 20 heavy (non-hydrogen) atoms. The molecule has 0 aromatic carbocycles. The molecule has 3 fully saturated rings. The summed E-state index contributed by atoms with van der Waals surface area (Å²) in [6.45, 7) is 0. The smallest absolute Gasteiger partial charge is 0.0994 e. The number of imidazole rings is 1. The Hall–Kier alpha value is -1.31. The quantitative estimate of drug-likeness (QED) is 0.814. The molecule has 2 aromatic rings. The summed E-state index contributed by atoms with van der Waals surface area (Å²) in [6, 6.07) is 4.64. The Kier molecular flexibility index (Phi) is 2.33. The molecular formula is C18H22N2. The Morgan fingerprint density at radius 1 is 1.10 bits per heavy atom. The standard InChI is InChI=1S/C18H22N2/c1-2-14-7-12(1)8-15(14)9-18-17(13-3-4-13)6-5-16-10-19-11-20(16)18/h5-6,10-15H,1-4,7-9H2. The Labute approximate surface area is 120 Å². The maximum Gasteiger partial charge on any atom is 0.0994 e. The molecule has 0 spiro atoms. The Morgan fingerprint density at radius 3 is 2.80 bits per heavy atom. The van der Waals surface area contributed by atoms with E-state index < -0.39 is 0 Å². The molecule has 104 valence electrons. The summed E-state index contributed by atoms with van der Waals surface area (Å²) in [5.74, 6) is 3.86. The first-order valence-electron chi connectivity index (χ1n) is 8.32. The first kappa shape index (κ1) is 11.4. The number of hydrogen-bond acceptors (Lipinski definition) is 1. The van der Waals surface area contributed by atoms with Crippen LogP contribution in [0.15, 0.2) is 24.7 Å². The molecule has 0 amide bonds. The lowest BCUT2D eigenvalue weighted by molar-refractivity contribution is 0.328. The van der Waals surface area contributed by atoms with Crippen LogP contribution in [0.3, 0.4) is 0 Å². The van der Waals surface area contributed by atoms with E-state index in [9.17, 15) is 0 Å². The normalized spacial score (nSPS) is 32.3. The van der Waals surface area contributed by atoms with Gasteiger partial charge in [0.05, 0.1) is 18.0 Å². The number of nitrogens with zero attached hydrogens (tertiary/aromatic N) is 2. The van der Waals surface area contributed by atoms with E-state index >= 15 is 0 Å². The van der Waals surface area contributed by atoms with Gasteiger partial charge in [0.25, 0.3) is 0 Å². The number of hydrogen-bond donors (Lipinski definition) is 0. The average molecular weight is 266 g/mol. The zero-order valence-electron chi connectivity index (χ0n) is 12.0. The molecule has 2 heteroatoms. The predicted octanol–water partition coefficient (Wildman–Crippen LogP) is 4.19. The van der Waals surface area contributed by atoms with Crippen LogP contribution < -0.4 is 0 Å². The molecule has 5 rings (SSSR count). The highest BCUT2D eigenvalue weighted by molar-refractivity contribution is 5.49. The molecule has 0 saturated heterocycles. The van der Waals surface area contributed by atoms with Crippen molar-refractivity contribution in [2.45, 2.75) is 50.9 Å². The molecule has 2 bridgehead atoms. The lowest BCUT2D eigenvalue weighted by Gasteiger charge is -2.23. The topological polar surface area (TPSA) is 17.3 Å². The van der Waals surface area contributed by atoms with E-state index in [2.05, 4.69) is 21.5 Å². The monoisotopic (exact) mass is 266 g/mol. The summed E-state index contributed by atoms with van der Waals surface area (Å²) < 4.78 is 2.37. The molecular weight excluding hydrogens is 244 g/mol. The maximum atomic E-state index is 4.37. The van der Waals surface area contributed by atoms with Gasteiger partial charge in [0, 0.05) is 5.69 Å². The number of fused-ring (bicyclic) bond motifs is 3. The van der Waals surface area contributed by atoms with Gasteiger partial charge in [-0.15, -0.1) is 0 Å². The molecule has 2 nitrogen and oxygen atoms in total. The summed E-state index contributed by atoms with van der Waals surface area (Å²) in [6.07, 6.45) is 14.1. The van der Waals surface area contributed by atoms with Gasteiger partial charge in [-0.3, -0.25) is 0 Å². The second kappa shape index (κ2) is 4.09. The molecule has 2 aromatic heterocycles. The minimum Gasteiger partial charge on any atom is -0.303 e. The summed E-state index contributed by atoms with van der Waals surface area (Å²) in [7, 11) is 0. The Bertz CT molecular complexity index is 652. The van der Waals surface area contributed by atoms with Crippen LogP contribution in [0.4, 0.5) is 0 Å². The van der Waals surface area contributed by atoms with Gasteiger partial charge in [-0.1, -0.05) is 12.5 Å². The fraction of sp³-hybridized carbons (Fsp3) is 0.611. The average Bonchev–Trinajstić information content (AvgIpc) is 2.89. The van der Waals surface area contributed by atoms with Crippen molar-refractivity contribution in [1.29, 1.82) is 0 Å². The zero-order valence-corrected chi connectivity index (χ0v) is 12.0. The van der Waals surface area contributed by atoms with Gasteiger partial charge < -0.3 is 4.40 Å². The van der Waals surface area contributed by atoms with Crippen molar-refractivity contribution in [3.05, 3.63) is 35.9 Å². The van der Waals surface area contributed by atoms with Gasteiger partial charge in [0.2, 0.25) is 0 Å². The van der Waals surface area contributed by atoms with Crippen LogP contribution in [0, 0.1) is 17.8 Å². The molecule has 3 saturated carbocycles. The molecule has 3 aliphatic rings. The first-order valence-corrected chi connectivity index (χ1v) is 8.32. The third kappa shape index (κ3) is 1.66. The van der Waals surface area contributed by atoms with Crippen molar-refractivity contribution in [3.8, 4) is 0 Å². The number of aromatic nitrogens is 2. The lowest BCUT2D eigenvalue weighted by atomic mass is 9.84. The second-order valence-electron chi connectivity index (χ2n) is 7.34. The van der Waals surface area contributed by atoms with Gasteiger partial charge in [-0.05, 0) is 73.8 Å². The largest absolute Gasteiger partial charge is 0.303 e. The molecule has 2 heterocycles. The summed E-state index contributed by atoms with van der Waals surface area (Å²) in [5.41, 5.74) is 4.48. The predicted molar refractivity (Wildman–Crippen MR) is 79.8 cm³/mol. The Balaban J connectivity index is 1.55. The first-order chi connectivity index (χ1) is 9.88. The van der Waals surface area contributed by atoms with Gasteiger partial charge in [-0.25, -0.2) is 4.98 Å². The number of pyridine rings is 1. The van der Waals surface area contributed by atoms with Gasteiger partial charge >= 0.3 is 0 Å². The zero-order chi connectivity index (χ0) is 13.1. The van der Waals surface area contributed by atoms with E-state index in [1.54, 1.807) is 11.3 Å². The van der Waals surface area contributed by atoms with Gasteiger partial charge in [-0.2, -0.15) is 0 Å². The SMILES string of the molecule is c1cc2cncn2c(CC2CC3CCC2C3)c1C1CC1. The van der Waals surface area contributed by atoms with E-state index in [-0.39, 0.29) is 0 Å². The van der Waals surface area contributed by atoms with Crippen LogP contribution in [-0.4, -0.2) is 9.38 Å². The minimum atomic E-state index is 0.843. The highest BCUT2D eigenvalue weighted by Gasteiger charge is 2.40. The fourth-order valence-electron chi connectivity index (χ4n) is 4.92. The highest BCUT2D eigenvalue weighted by atomic mass is 15.0. The van der Waals surface area contributed by atoms with Crippen LogP contribution in [0.2, 0.25) is 0 Å². The summed E-state index contributed by atoms with van der Waals surface area (Å²) in [4.78, 5) is 4.37. The van der Waals surface area contributed by atoms with E-state index in [0.29, 0.717) is 0 Å². The summed E-state index contributed by atoms with van der Waals surface area (Å²) >= 11 is 0. The molecule has 0 N–H and O–H groups in total. The van der Waals surface area contributed by atoms with Crippen molar-refractivity contribution in [1.82, 2.24) is 9.38 Å². The molecule has 0 radical (unpaired) electrons. The van der Waals surface area contributed by atoms with E-state index in [1.165, 1.54) is 50.5 Å². The van der Waals surface area contributed by atoms with Crippen LogP contribution in [0.25, 0.3) is 5.52 Å².